The standard InChI is InChI=1S/C9H19NO3/c1-3-4-5-6-10-7-9(2,13)8(11)12/h10,13H,3-7H2,1-2H3,(H,11,12). The van der Waals surface area contributed by atoms with Gasteiger partial charge in [0.2, 0.25) is 0 Å². The molecule has 0 heterocycles. The van der Waals surface area contributed by atoms with Gasteiger partial charge in [-0.3, -0.25) is 0 Å². The quantitative estimate of drug-likeness (QED) is 0.513. The van der Waals surface area contributed by atoms with Gasteiger partial charge in [0.25, 0.3) is 0 Å². The normalized spacial score (nSPS) is 15.3. The molecule has 1 atom stereocenters. The zero-order chi connectivity index (χ0) is 10.3. The van der Waals surface area contributed by atoms with Gasteiger partial charge >= 0.3 is 5.97 Å². The molecule has 0 spiro atoms. The Bertz CT molecular complexity index is 157. The molecule has 0 saturated heterocycles. The number of hydrogen-bond acceptors (Lipinski definition) is 3. The molecule has 13 heavy (non-hydrogen) atoms. The lowest BCUT2D eigenvalue weighted by atomic mass is 10.1. The first kappa shape index (κ1) is 12.4. The molecule has 0 rings (SSSR count). The fourth-order valence-corrected chi connectivity index (χ4v) is 0.907. The Hall–Kier alpha value is -0.610. The minimum absolute atomic E-state index is 0.103. The number of carboxylic acid groups (broad SMARTS) is 1. The summed E-state index contributed by atoms with van der Waals surface area (Å²) in [4.78, 5) is 10.5. The zero-order valence-electron chi connectivity index (χ0n) is 8.34. The number of rotatable bonds is 7. The summed E-state index contributed by atoms with van der Waals surface area (Å²) in [7, 11) is 0. The molecule has 0 aromatic heterocycles. The fraction of sp³-hybridized carbons (Fsp3) is 0.889. The molecule has 4 nitrogen and oxygen atoms in total. The van der Waals surface area contributed by atoms with Crippen molar-refractivity contribution in [3.05, 3.63) is 0 Å². The first-order chi connectivity index (χ1) is 6.00. The fourth-order valence-electron chi connectivity index (χ4n) is 0.907. The van der Waals surface area contributed by atoms with Gasteiger partial charge in [-0.2, -0.15) is 0 Å². The predicted octanol–water partition coefficient (Wildman–Crippen LogP) is 0.602. The second-order valence-corrected chi connectivity index (χ2v) is 3.46. The lowest BCUT2D eigenvalue weighted by molar-refractivity contribution is -0.156. The summed E-state index contributed by atoms with van der Waals surface area (Å²) in [6.07, 6.45) is 3.28. The van der Waals surface area contributed by atoms with E-state index in [0.717, 1.165) is 25.8 Å². The molecule has 78 valence electrons. The summed E-state index contributed by atoms with van der Waals surface area (Å²) in [5.74, 6) is -1.18. The molecule has 4 heteroatoms. The molecule has 3 N–H and O–H groups in total. The van der Waals surface area contributed by atoms with Crippen molar-refractivity contribution in [2.24, 2.45) is 0 Å². The highest BCUT2D eigenvalue weighted by atomic mass is 16.4. The van der Waals surface area contributed by atoms with Crippen molar-refractivity contribution in [2.75, 3.05) is 13.1 Å². The van der Waals surface area contributed by atoms with E-state index in [1.54, 1.807) is 0 Å². The van der Waals surface area contributed by atoms with E-state index in [9.17, 15) is 9.90 Å². The molecule has 0 bridgehead atoms. The third-order valence-electron chi connectivity index (χ3n) is 1.89. The Morgan fingerprint density at radius 2 is 2.08 bits per heavy atom. The maximum Gasteiger partial charge on any atom is 0.336 e. The molecule has 0 saturated carbocycles. The average molecular weight is 189 g/mol. The van der Waals surface area contributed by atoms with Gasteiger partial charge in [0, 0.05) is 6.54 Å². The van der Waals surface area contributed by atoms with E-state index in [-0.39, 0.29) is 6.54 Å². The Kier molecular flexibility index (Phi) is 5.66. The Morgan fingerprint density at radius 1 is 1.46 bits per heavy atom. The van der Waals surface area contributed by atoms with Crippen LogP contribution in [0.5, 0.6) is 0 Å². The van der Waals surface area contributed by atoms with E-state index in [2.05, 4.69) is 12.2 Å². The number of aliphatic carboxylic acids is 1. The van der Waals surface area contributed by atoms with E-state index in [1.165, 1.54) is 6.92 Å². The van der Waals surface area contributed by atoms with E-state index >= 15 is 0 Å². The maximum atomic E-state index is 10.5. The average Bonchev–Trinajstić information content (AvgIpc) is 2.03. The SMILES string of the molecule is CCCCCNCC(C)(O)C(=O)O. The third-order valence-corrected chi connectivity index (χ3v) is 1.89. The van der Waals surface area contributed by atoms with Crippen molar-refractivity contribution in [1.29, 1.82) is 0 Å². The van der Waals surface area contributed by atoms with E-state index in [0.29, 0.717) is 0 Å². The maximum absolute atomic E-state index is 10.5. The van der Waals surface area contributed by atoms with E-state index in [1.807, 2.05) is 0 Å². The van der Waals surface area contributed by atoms with Gasteiger partial charge in [0.05, 0.1) is 0 Å². The molecule has 0 aromatic carbocycles. The highest BCUT2D eigenvalue weighted by Crippen LogP contribution is 2.00. The molecule has 1 unspecified atom stereocenters. The first-order valence-corrected chi connectivity index (χ1v) is 4.67. The summed E-state index contributed by atoms with van der Waals surface area (Å²) >= 11 is 0. The Balaban J connectivity index is 3.46. The third kappa shape index (κ3) is 5.60. The summed E-state index contributed by atoms with van der Waals surface area (Å²) in [6, 6.07) is 0. The van der Waals surface area contributed by atoms with Gasteiger partial charge in [-0.25, -0.2) is 4.79 Å². The van der Waals surface area contributed by atoms with Crippen LogP contribution in [0.25, 0.3) is 0 Å². The van der Waals surface area contributed by atoms with Crippen LogP contribution in [-0.2, 0) is 4.79 Å². The van der Waals surface area contributed by atoms with Crippen LogP contribution in [-0.4, -0.2) is 34.9 Å². The van der Waals surface area contributed by atoms with Crippen LogP contribution < -0.4 is 5.32 Å². The topological polar surface area (TPSA) is 69.6 Å². The van der Waals surface area contributed by atoms with Gasteiger partial charge in [0.1, 0.15) is 0 Å². The zero-order valence-corrected chi connectivity index (χ0v) is 8.34. The highest BCUT2D eigenvalue weighted by Gasteiger charge is 2.28. The van der Waals surface area contributed by atoms with Gasteiger partial charge in [-0.1, -0.05) is 19.8 Å². The number of carboxylic acids is 1. The van der Waals surface area contributed by atoms with Crippen molar-refractivity contribution in [1.82, 2.24) is 5.32 Å². The molecular weight excluding hydrogens is 170 g/mol. The van der Waals surface area contributed by atoms with Crippen molar-refractivity contribution in [3.63, 3.8) is 0 Å². The van der Waals surface area contributed by atoms with Crippen LogP contribution in [0.3, 0.4) is 0 Å². The van der Waals surface area contributed by atoms with E-state index in [4.69, 9.17) is 5.11 Å². The molecule has 0 radical (unpaired) electrons. The lowest BCUT2D eigenvalue weighted by Crippen LogP contribution is -2.45. The number of unbranched alkanes of at least 4 members (excludes halogenated alkanes) is 2. The lowest BCUT2D eigenvalue weighted by Gasteiger charge is -2.18. The summed E-state index contributed by atoms with van der Waals surface area (Å²) in [5, 5.41) is 20.8. The van der Waals surface area contributed by atoms with Crippen LogP contribution in [0.1, 0.15) is 33.1 Å². The second kappa shape index (κ2) is 5.94. The number of hydrogen-bond donors (Lipinski definition) is 3. The minimum atomic E-state index is -1.65. The van der Waals surface area contributed by atoms with Gasteiger partial charge in [-0.15, -0.1) is 0 Å². The van der Waals surface area contributed by atoms with Gasteiger partial charge in [-0.05, 0) is 19.9 Å². The van der Waals surface area contributed by atoms with Crippen LogP contribution in [0, 0.1) is 0 Å². The van der Waals surface area contributed by atoms with Crippen molar-refractivity contribution in [3.8, 4) is 0 Å². The molecule has 0 fully saturated rings. The largest absolute Gasteiger partial charge is 0.479 e. The smallest absolute Gasteiger partial charge is 0.336 e. The predicted molar refractivity (Wildman–Crippen MR) is 50.7 cm³/mol. The van der Waals surface area contributed by atoms with Crippen LogP contribution in [0.15, 0.2) is 0 Å². The van der Waals surface area contributed by atoms with Crippen molar-refractivity contribution < 1.29 is 15.0 Å². The Labute approximate surface area is 79.0 Å². The monoisotopic (exact) mass is 189 g/mol. The van der Waals surface area contributed by atoms with Gasteiger partial charge in [0.15, 0.2) is 5.60 Å². The molecule has 0 amide bonds. The second-order valence-electron chi connectivity index (χ2n) is 3.46. The van der Waals surface area contributed by atoms with Crippen LogP contribution in [0.4, 0.5) is 0 Å². The summed E-state index contributed by atoms with van der Waals surface area (Å²) in [6.45, 7) is 4.26. The van der Waals surface area contributed by atoms with Crippen molar-refractivity contribution >= 4 is 5.97 Å². The molecule has 0 aliphatic carbocycles. The molecule has 0 aliphatic heterocycles. The molecule has 0 aromatic rings. The number of carbonyl (C=O) groups is 1. The summed E-state index contributed by atoms with van der Waals surface area (Å²) in [5.41, 5.74) is -1.65. The van der Waals surface area contributed by atoms with E-state index < -0.39 is 11.6 Å². The van der Waals surface area contributed by atoms with Crippen molar-refractivity contribution in [2.45, 2.75) is 38.7 Å². The summed E-state index contributed by atoms with van der Waals surface area (Å²) < 4.78 is 0. The van der Waals surface area contributed by atoms with Crippen LogP contribution in [0.2, 0.25) is 0 Å². The first-order valence-electron chi connectivity index (χ1n) is 4.67. The Morgan fingerprint density at radius 3 is 2.54 bits per heavy atom. The molecular formula is C9H19NO3. The highest BCUT2D eigenvalue weighted by molar-refractivity contribution is 5.76. The number of aliphatic hydroxyl groups is 1. The van der Waals surface area contributed by atoms with Crippen LogP contribution >= 0.6 is 0 Å². The molecule has 0 aliphatic rings. The number of nitrogens with one attached hydrogen (secondary N) is 1. The van der Waals surface area contributed by atoms with Gasteiger partial charge < -0.3 is 15.5 Å². The minimum Gasteiger partial charge on any atom is -0.479 e.